The highest BCUT2D eigenvalue weighted by Crippen LogP contribution is 2.36. The molecule has 0 unspecified atom stereocenters. The van der Waals surface area contributed by atoms with Gasteiger partial charge in [-0.3, -0.25) is 0 Å². The van der Waals surface area contributed by atoms with E-state index < -0.39 is 0 Å². The lowest BCUT2D eigenvalue weighted by atomic mass is 10.1. The van der Waals surface area contributed by atoms with Gasteiger partial charge in [-0.1, -0.05) is 36.4 Å². The highest BCUT2D eigenvalue weighted by atomic mass is 32.1. The van der Waals surface area contributed by atoms with Crippen molar-refractivity contribution in [3.05, 3.63) is 54.7 Å². The minimum absolute atomic E-state index is 0.691. The molecule has 4 heteroatoms. The maximum atomic E-state index is 4.34. The smallest absolute Gasteiger partial charge is 0.139 e. The summed E-state index contributed by atoms with van der Waals surface area (Å²) in [7, 11) is 0. The molecule has 94 valence electrons. The minimum atomic E-state index is 0.691. The van der Waals surface area contributed by atoms with Gasteiger partial charge in [-0.25, -0.2) is 9.97 Å². The normalized spacial score (nSPS) is 10.5. The Morgan fingerprint density at radius 1 is 1.21 bits per heavy atom. The van der Waals surface area contributed by atoms with Crippen LogP contribution in [0.3, 0.4) is 0 Å². The Labute approximate surface area is 115 Å². The third kappa shape index (κ3) is 2.22. The molecule has 0 aliphatic rings. The Balaban J connectivity index is 2.18. The van der Waals surface area contributed by atoms with E-state index in [2.05, 4.69) is 39.4 Å². The molecule has 0 saturated heterocycles. The Kier molecular flexibility index (Phi) is 3.25. The van der Waals surface area contributed by atoms with Gasteiger partial charge >= 0.3 is 0 Å². The molecule has 0 bridgehead atoms. The molecule has 0 aliphatic carbocycles. The van der Waals surface area contributed by atoms with Gasteiger partial charge < -0.3 is 5.32 Å². The van der Waals surface area contributed by atoms with Gasteiger partial charge in [0, 0.05) is 17.5 Å². The summed E-state index contributed by atoms with van der Waals surface area (Å²) < 4.78 is 0. The Morgan fingerprint density at radius 2 is 2.05 bits per heavy atom. The van der Waals surface area contributed by atoms with Crippen molar-refractivity contribution in [2.45, 2.75) is 0 Å². The van der Waals surface area contributed by atoms with Crippen LogP contribution in [0, 0.1) is 0 Å². The third-order valence-corrected chi connectivity index (χ3v) is 3.76. The molecule has 0 fully saturated rings. The zero-order valence-corrected chi connectivity index (χ0v) is 11.2. The fraction of sp³-hybridized carbons (Fsp3) is 0.0667. The first-order chi connectivity index (χ1) is 9.40. The van der Waals surface area contributed by atoms with E-state index in [0.29, 0.717) is 6.54 Å². The standard InChI is InChI=1S/C15H13N3S/c1-2-8-16-14-13-12(11-6-4-3-5-7-11)9-19-15(13)18-10-17-14/h2-7,9-10H,1,8H2,(H,16,17,18). The number of benzene rings is 1. The van der Waals surface area contributed by atoms with Crippen molar-refractivity contribution >= 4 is 27.4 Å². The number of aromatic nitrogens is 2. The van der Waals surface area contributed by atoms with Crippen molar-refractivity contribution in [2.24, 2.45) is 0 Å². The van der Waals surface area contributed by atoms with Crippen LogP contribution in [0.5, 0.6) is 0 Å². The average Bonchev–Trinajstić information content (AvgIpc) is 2.90. The summed E-state index contributed by atoms with van der Waals surface area (Å²) in [6.45, 7) is 4.41. The minimum Gasteiger partial charge on any atom is -0.366 e. The number of hydrogen-bond acceptors (Lipinski definition) is 4. The second-order valence-electron chi connectivity index (χ2n) is 4.09. The fourth-order valence-corrected chi connectivity index (χ4v) is 2.92. The van der Waals surface area contributed by atoms with Gasteiger partial charge in [-0.15, -0.1) is 17.9 Å². The van der Waals surface area contributed by atoms with Crippen molar-refractivity contribution in [3.63, 3.8) is 0 Å². The van der Waals surface area contributed by atoms with Gasteiger partial charge in [0.1, 0.15) is 17.0 Å². The number of nitrogens with zero attached hydrogens (tertiary/aromatic N) is 2. The number of thiophene rings is 1. The van der Waals surface area contributed by atoms with Gasteiger partial charge in [0.15, 0.2) is 0 Å². The Hall–Kier alpha value is -2.20. The predicted octanol–water partition coefficient (Wildman–Crippen LogP) is 3.96. The van der Waals surface area contributed by atoms with Gasteiger partial charge in [-0.2, -0.15) is 0 Å². The van der Waals surface area contributed by atoms with Gasteiger partial charge in [0.05, 0.1) is 5.39 Å². The van der Waals surface area contributed by atoms with Crippen LogP contribution >= 0.6 is 11.3 Å². The van der Waals surface area contributed by atoms with Gasteiger partial charge in [0.25, 0.3) is 0 Å². The molecule has 2 aromatic heterocycles. The van der Waals surface area contributed by atoms with E-state index >= 15 is 0 Å². The van der Waals surface area contributed by atoms with Crippen molar-refractivity contribution in [1.82, 2.24) is 9.97 Å². The predicted molar refractivity (Wildman–Crippen MR) is 81.5 cm³/mol. The monoisotopic (exact) mass is 267 g/mol. The first-order valence-corrected chi connectivity index (χ1v) is 6.90. The summed E-state index contributed by atoms with van der Waals surface area (Å²) in [5, 5.41) is 6.49. The topological polar surface area (TPSA) is 37.8 Å². The first-order valence-electron chi connectivity index (χ1n) is 6.02. The van der Waals surface area contributed by atoms with E-state index in [1.54, 1.807) is 17.7 Å². The van der Waals surface area contributed by atoms with E-state index in [1.807, 2.05) is 24.3 Å². The SMILES string of the molecule is C=CCNc1ncnc2scc(-c3ccccc3)c12. The molecule has 3 aromatic rings. The summed E-state index contributed by atoms with van der Waals surface area (Å²) in [5.41, 5.74) is 2.36. The van der Waals surface area contributed by atoms with Gasteiger partial charge in [-0.05, 0) is 5.56 Å². The van der Waals surface area contributed by atoms with E-state index in [0.717, 1.165) is 16.0 Å². The summed E-state index contributed by atoms with van der Waals surface area (Å²) in [6, 6.07) is 10.3. The average molecular weight is 267 g/mol. The molecule has 0 saturated carbocycles. The number of rotatable bonds is 4. The van der Waals surface area contributed by atoms with Gasteiger partial charge in [0.2, 0.25) is 0 Å². The molecule has 3 nitrogen and oxygen atoms in total. The van der Waals surface area contributed by atoms with Crippen molar-refractivity contribution in [2.75, 3.05) is 11.9 Å². The summed E-state index contributed by atoms with van der Waals surface area (Å²) in [5.74, 6) is 0.866. The number of nitrogens with one attached hydrogen (secondary N) is 1. The molecule has 0 spiro atoms. The first kappa shape index (κ1) is 11.9. The van der Waals surface area contributed by atoms with Crippen molar-refractivity contribution < 1.29 is 0 Å². The number of hydrogen-bond donors (Lipinski definition) is 1. The zero-order chi connectivity index (χ0) is 13.1. The largest absolute Gasteiger partial charge is 0.366 e. The van der Waals surface area contributed by atoms with E-state index in [9.17, 15) is 0 Å². The van der Waals surface area contributed by atoms with Crippen LogP contribution < -0.4 is 5.32 Å². The van der Waals surface area contributed by atoms with Crippen LogP contribution in [-0.2, 0) is 0 Å². The van der Waals surface area contributed by atoms with Crippen molar-refractivity contribution in [1.29, 1.82) is 0 Å². The number of fused-ring (bicyclic) bond motifs is 1. The second-order valence-corrected chi connectivity index (χ2v) is 4.95. The lowest BCUT2D eigenvalue weighted by Gasteiger charge is -2.06. The Morgan fingerprint density at radius 3 is 2.84 bits per heavy atom. The van der Waals surface area contributed by atoms with Crippen LogP contribution in [0.25, 0.3) is 21.3 Å². The van der Waals surface area contributed by atoms with Crippen LogP contribution in [-0.4, -0.2) is 16.5 Å². The van der Waals surface area contributed by atoms with Crippen LogP contribution in [0.15, 0.2) is 54.7 Å². The van der Waals surface area contributed by atoms with E-state index in [4.69, 9.17) is 0 Å². The Bertz CT molecular complexity index is 704. The second kappa shape index (κ2) is 5.20. The molecule has 2 heterocycles. The molecule has 1 aromatic carbocycles. The molecular weight excluding hydrogens is 254 g/mol. The molecule has 0 radical (unpaired) electrons. The quantitative estimate of drug-likeness (QED) is 0.727. The van der Waals surface area contributed by atoms with Crippen LogP contribution in [0.1, 0.15) is 0 Å². The molecule has 19 heavy (non-hydrogen) atoms. The van der Waals surface area contributed by atoms with Crippen LogP contribution in [0.4, 0.5) is 5.82 Å². The maximum absolute atomic E-state index is 4.34. The lowest BCUT2D eigenvalue weighted by molar-refractivity contribution is 1.19. The molecule has 0 amide bonds. The fourth-order valence-electron chi connectivity index (χ4n) is 2.01. The van der Waals surface area contributed by atoms with Crippen LogP contribution in [0.2, 0.25) is 0 Å². The highest BCUT2D eigenvalue weighted by Gasteiger charge is 2.12. The molecule has 0 atom stereocenters. The van der Waals surface area contributed by atoms with E-state index in [1.165, 1.54) is 11.1 Å². The van der Waals surface area contributed by atoms with Crippen molar-refractivity contribution in [3.8, 4) is 11.1 Å². The summed E-state index contributed by atoms with van der Waals surface area (Å²) in [4.78, 5) is 9.68. The third-order valence-electron chi connectivity index (χ3n) is 2.87. The molecular formula is C15H13N3S. The maximum Gasteiger partial charge on any atom is 0.139 e. The highest BCUT2D eigenvalue weighted by molar-refractivity contribution is 7.17. The summed E-state index contributed by atoms with van der Waals surface area (Å²) >= 11 is 1.64. The molecule has 0 aliphatic heterocycles. The molecule has 1 N–H and O–H groups in total. The number of anilines is 1. The summed E-state index contributed by atoms with van der Waals surface area (Å²) in [6.07, 6.45) is 3.42. The molecule has 3 rings (SSSR count). The lowest BCUT2D eigenvalue weighted by Crippen LogP contribution is -2.01. The zero-order valence-electron chi connectivity index (χ0n) is 10.3. The van der Waals surface area contributed by atoms with E-state index in [-0.39, 0.29) is 0 Å².